The maximum atomic E-state index is 12.6. The number of thiazole rings is 1. The fourth-order valence-corrected chi connectivity index (χ4v) is 4.52. The van der Waals surface area contributed by atoms with Gasteiger partial charge in [0.15, 0.2) is 0 Å². The second kappa shape index (κ2) is 8.65. The van der Waals surface area contributed by atoms with Gasteiger partial charge >= 0.3 is 0 Å². The van der Waals surface area contributed by atoms with Crippen molar-refractivity contribution < 1.29 is 4.79 Å². The largest absolute Gasteiger partial charge is 0.337 e. The van der Waals surface area contributed by atoms with Gasteiger partial charge in [0.2, 0.25) is 0 Å². The molecule has 23 heavy (non-hydrogen) atoms. The first-order chi connectivity index (χ1) is 10.0. The fourth-order valence-electron chi connectivity index (χ4n) is 3.54. The van der Waals surface area contributed by atoms with E-state index in [0.29, 0.717) is 29.7 Å². The molecule has 2 aliphatic rings. The molecule has 0 radical (unpaired) electrons. The maximum absolute atomic E-state index is 12.6. The first-order valence-corrected chi connectivity index (χ1v) is 8.88. The summed E-state index contributed by atoms with van der Waals surface area (Å²) in [5.41, 5.74) is 0.629. The average molecular weight is 380 g/mol. The molecule has 2 unspecified atom stereocenters. The van der Waals surface area contributed by atoms with E-state index < -0.39 is 0 Å². The summed E-state index contributed by atoms with van der Waals surface area (Å²) < 4.78 is 0. The van der Waals surface area contributed by atoms with Gasteiger partial charge in [-0.1, -0.05) is 13.8 Å². The maximum Gasteiger partial charge on any atom is 0.273 e. The van der Waals surface area contributed by atoms with Crippen molar-refractivity contribution in [1.82, 2.24) is 15.2 Å². The monoisotopic (exact) mass is 379 g/mol. The summed E-state index contributed by atoms with van der Waals surface area (Å²) in [5.74, 6) is 0.671. The van der Waals surface area contributed by atoms with Crippen molar-refractivity contribution >= 4 is 42.1 Å². The van der Waals surface area contributed by atoms with Gasteiger partial charge in [-0.15, -0.1) is 36.2 Å². The Hall–Kier alpha value is -0.360. The number of fused-ring (bicyclic) bond motifs is 2. The van der Waals surface area contributed by atoms with Crippen molar-refractivity contribution in [3.05, 3.63) is 16.1 Å². The highest BCUT2D eigenvalue weighted by molar-refractivity contribution is 7.09. The van der Waals surface area contributed by atoms with Crippen molar-refractivity contribution in [1.29, 1.82) is 0 Å². The number of nitrogens with one attached hydrogen (secondary N) is 1. The highest BCUT2D eigenvalue weighted by Crippen LogP contribution is 2.30. The van der Waals surface area contributed by atoms with Crippen molar-refractivity contribution in [2.24, 2.45) is 5.92 Å². The molecule has 1 N–H and O–H groups in total. The SMILES string of the molecule is CC(C)Cc1nc(C(=O)N(C)C2CC3CCC(C2)N3)cs1.Cl.Cl. The van der Waals surface area contributed by atoms with Crippen LogP contribution in [0, 0.1) is 5.92 Å². The second-order valence-corrected chi connectivity index (χ2v) is 7.85. The molecule has 2 fully saturated rings. The number of hydrogen-bond acceptors (Lipinski definition) is 4. The third kappa shape index (κ3) is 4.81. The van der Waals surface area contributed by atoms with Crippen LogP contribution in [0.4, 0.5) is 0 Å². The predicted molar refractivity (Wildman–Crippen MR) is 100 cm³/mol. The quantitative estimate of drug-likeness (QED) is 0.869. The van der Waals surface area contributed by atoms with Crippen LogP contribution in [0.3, 0.4) is 0 Å². The van der Waals surface area contributed by atoms with Gasteiger partial charge in [-0.25, -0.2) is 4.98 Å². The number of halogens is 2. The number of carbonyl (C=O) groups is 1. The zero-order valence-electron chi connectivity index (χ0n) is 13.9. The number of carbonyl (C=O) groups excluding carboxylic acids is 1. The molecular formula is C16H27Cl2N3OS. The number of hydrogen-bond donors (Lipinski definition) is 1. The van der Waals surface area contributed by atoms with Gasteiger partial charge in [-0.2, -0.15) is 0 Å². The summed E-state index contributed by atoms with van der Waals surface area (Å²) in [6.07, 6.45) is 5.65. The van der Waals surface area contributed by atoms with Crippen LogP contribution in [0.2, 0.25) is 0 Å². The van der Waals surface area contributed by atoms with Gasteiger partial charge in [0, 0.05) is 37.0 Å². The van der Waals surface area contributed by atoms with Crippen LogP contribution in [0.25, 0.3) is 0 Å². The molecule has 3 heterocycles. The van der Waals surface area contributed by atoms with Crippen LogP contribution in [-0.2, 0) is 6.42 Å². The predicted octanol–water partition coefficient (Wildman–Crippen LogP) is 3.54. The minimum atomic E-state index is 0. The van der Waals surface area contributed by atoms with Gasteiger partial charge < -0.3 is 10.2 Å². The Morgan fingerprint density at radius 2 is 1.96 bits per heavy atom. The minimum absolute atomic E-state index is 0. The van der Waals surface area contributed by atoms with E-state index in [-0.39, 0.29) is 30.7 Å². The number of piperidine rings is 1. The van der Waals surface area contributed by atoms with Crippen molar-refractivity contribution in [2.75, 3.05) is 7.05 Å². The van der Waals surface area contributed by atoms with Crippen LogP contribution in [0.5, 0.6) is 0 Å². The minimum Gasteiger partial charge on any atom is -0.337 e. The zero-order valence-corrected chi connectivity index (χ0v) is 16.4. The van der Waals surface area contributed by atoms with E-state index in [4.69, 9.17) is 0 Å². The van der Waals surface area contributed by atoms with Gasteiger partial charge in [0.05, 0.1) is 5.01 Å². The average Bonchev–Trinajstić information content (AvgIpc) is 3.03. The van der Waals surface area contributed by atoms with Gasteiger partial charge in [-0.3, -0.25) is 4.79 Å². The Balaban J connectivity index is 0.00000132. The van der Waals surface area contributed by atoms with Crippen LogP contribution in [-0.4, -0.2) is 41.0 Å². The van der Waals surface area contributed by atoms with Crippen molar-refractivity contribution in [3.63, 3.8) is 0 Å². The van der Waals surface area contributed by atoms with Crippen LogP contribution < -0.4 is 5.32 Å². The lowest BCUT2D eigenvalue weighted by molar-refractivity contribution is 0.0676. The molecule has 0 spiro atoms. The van der Waals surface area contributed by atoms with E-state index in [0.717, 1.165) is 24.3 Å². The molecule has 2 atom stereocenters. The lowest BCUT2D eigenvalue weighted by Gasteiger charge is -2.35. The van der Waals surface area contributed by atoms with E-state index in [2.05, 4.69) is 24.1 Å². The van der Waals surface area contributed by atoms with Gasteiger partial charge in [-0.05, 0) is 31.6 Å². The molecule has 2 saturated heterocycles. The number of nitrogens with zero attached hydrogens (tertiary/aromatic N) is 2. The highest BCUT2D eigenvalue weighted by atomic mass is 35.5. The molecule has 132 valence electrons. The Kier molecular flexibility index (Phi) is 7.78. The molecule has 4 nitrogen and oxygen atoms in total. The third-order valence-electron chi connectivity index (χ3n) is 4.67. The molecule has 7 heteroatoms. The Labute approximate surface area is 155 Å². The summed E-state index contributed by atoms with van der Waals surface area (Å²) in [6.45, 7) is 4.36. The number of rotatable bonds is 4. The summed E-state index contributed by atoms with van der Waals surface area (Å²) in [5, 5.41) is 6.63. The van der Waals surface area contributed by atoms with Crippen molar-refractivity contribution in [2.45, 2.75) is 64.1 Å². The molecule has 1 aromatic heterocycles. The molecule has 1 aromatic rings. The van der Waals surface area contributed by atoms with Gasteiger partial charge in [0.1, 0.15) is 5.69 Å². The smallest absolute Gasteiger partial charge is 0.273 e. The normalized spacial score (nSPS) is 25.7. The van der Waals surface area contributed by atoms with E-state index in [1.165, 1.54) is 12.8 Å². The van der Waals surface area contributed by atoms with E-state index in [1.807, 2.05) is 17.3 Å². The lowest BCUT2D eigenvalue weighted by Crippen LogP contribution is -2.48. The standard InChI is InChI=1S/C16H25N3OS.2ClH/c1-10(2)6-15-18-14(9-21-15)16(20)19(3)13-7-11-4-5-12(8-13)17-11;;/h9-13,17H,4-8H2,1-3H3;2*1H. The summed E-state index contributed by atoms with van der Waals surface area (Å²) in [4.78, 5) is 19.1. The molecule has 0 saturated carbocycles. The summed E-state index contributed by atoms with van der Waals surface area (Å²) >= 11 is 1.61. The van der Waals surface area contributed by atoms with Crippen LogP contribution in [0.15, 0.2) is 5.38 Å². The topological polar surface area (TPSA) is 45.2 Å². The Morgan fingerprint density at radius 1 is 1.35 bits per heavy atom. The molecule has 2 aliphatic heterocycles. The molecular weight excluding hydrogens is 353 g/mol. The van der Waals surface area contributed by atoms with Crippen LogP contribution in [0.1, 0.15) is 55.0 Å². The second-order valence-electron chi connectivity index (χ2n) is 6.90. The summed E-state index contributed by atoms with van der Waals surface area (Å²) in [6, 6.07) is 1.58. The number of amides is 1. The van der Waals surface area contributed by atoms with Crippen LogP contribution >= 0.6 is 36.2 Å². The lowest BCUT2D eigenvalue weighted by atomic mass is 9.98. The summed E-state index contributed by atoms with van der Waals surface area (Å²) in [7, 11) is 1.94. The van der Waals surface area contributed by atoms with E-state index in [9.17, 15) is 4.79 Å². The molecule has 2 bridgehead atoms. The Morgan fingerprint density at radius 3 is 2.52 bits per heavy atom. The fraction of sp³-hybridized carbons (Fsp3) is 0.750. The van der Waals surface area contributed by atoms with E-state index >= 15 is 0 Å². The number of aromatic nitrogens is 1. The first-order valence-electron chi connectivity index (χ1n) is 8.00. The Bertz CT molecular complexity index is 511. The van der Waals surface area contributed by atoms with E-state index in [1.54, 1.807) is 11.3 Å². The molecule has 0 aromatic carbocycles. The van der Waals surface area contributed by atoms with Crippen molar-refractivity contribution in [3.8, 4) is 0 Å². The zero-order chi connectivity index (χ0) is 15.0. The third-order valence-corrected chi connectivity index (χ3v) is 5.54. The molecule has 0 aliphatic carbocycles. The molecule has 1 amide bonds. The first kappa shape index (κ1) is 20.7. The highest BCUT2D eigenvalue weighted by Gasteiger charge is 2.36. The molecule has 3 rings (SSSR count). The van der Waals surface area contributed by atoms with Gasteiger partial charge in [0.25, 0.3) is 5.91 Å².